The lowest BCUT2D eigenvalue weighted by atomic mass is 9.91. The second kappa shape index (κ2) is 7.53. The predicted octanol–water partition coefficient (Wildman–Crippen LogP) is 3.09. The lowest BCUT2D eigenvalue weighted by Gasteiger charge is -2.31. The highest BCUT2D eigenvalue weighted by atomic mass is 35.5. The highest BCUT2D eigenvalue weighted by Crippen LogP contribution is 2.37. The molecule has 1 aromatic rings. The van der Waals surface area contributed by atoms with Crippen LogP contribution in [0.1, 0.15) is 37.8 Å². The largest absolute Gasteiger partial charge is 0.492 e. The first-order chi connectivity index (χ1) is 10.1. The Kier molecular flexibility index (Phi) is 5.95. The highest BCUT2D eigenvalue weighted by molar-refractivity contribution is 6.32. The van der Waals surface area contributed by atoms with Gasteiger partial charge in [0.2, 0.25) is 5.91 Å². The van der Waals surface area contributed by atoms with Crippen LogP contribution in [0, 0.1) is 5.92 Å². The molecule has 1 amide bonds. The number of hydrogen-bond acceptors (Lipinski definition) is 3. The molecule has 2 N–H and O–H groups in total. The molecule has 0 bridgehead atoms. The number of hydrogen-bond donors (Lipinski definition) is 2. The van der Waals surface area contributed by atoms with Crippen LogP contribution in [0.2, 0.25) is 5.02 Å². The summed E-state index contributed by atoms with van der Waals surface area (Å²) < 4.78 is 5.64. The standard InChI is InChI=1S/C16H21ClN2O2.ClH/c1-10-9-11(5-7-18-10)16(20)19-14-6-8-21-15-12(14)3-2-4-13(15)17;/h2-4,10-11,14,18H,5-9H2,1H3,(H,19,20);1H/t10-,11-,14?;/m0./s1. The Bertz CT molecular complexity index is 539. The molecule has 0 aliphatic carbocycles. The van der Waals surface area contributed by atoms with Crippen molar-refractivity contribution < 1.29 is 9.53 Å². The first-order valence-corrected chi connectivity index (χ1v) is 7.98. The van der Waals surface area contributed by atoms with Crippen molar-refractivity contribution in [2.24, 2.45) is 5.92 Å². The maximum atomic E-state index is 12.5. The van der Waals surface area contributed by atoms with Gasteiger partial charge in [-0.25, -0.2) is 0 Å². The van der Waals surface area contributed by atoms with Crippen LogP contribution in [0.5, 0.6) is 5.75 Å². The zero-order valence-corrected chi connectivity index (χ0v) is 14.2. The number of piperidine rings is 1. The molecule has 22 heavy (non-hydrogen) atoms. The SMILES string of the molecule is C[C@H]1C[C@@H](C(=O)NC2CCOc3c(Cl)cccc32)CCN1.Cl. The second-order valence-corrected chi connectivity index (χ2v) is 6.34. The first kappa shape index (κ1) is 17.4. The third-order valence-corrected chi connectivity index (χ3v) is 4.63. The van der Waals surface area contributed by atoms with Gasteiger partial charge in [-0.15, -0.1) is 12.4 Å². The molecule has 2 heterocycles. The van der Waals surface area contributed by atoms with E-state index in [1.54, 1.807) is 0 Å². The molecule has 0 aromatic heterocycles. The number of fused-ring (bicyclic) bond motifs is 1. The minimum Gasteiger partial charge on any atom is -0.492 e. The van der Waals surface area contributed by atoms with E-state index in [9.17, 15) is 4.79 Å². The molecule has 4 nitrogen and oxygen atoms in total. The zero-order valence-electron chi connectivity index (χ0n) is 12.6. The molecule has 6 heteroatoms. The third-order valence-electron chi connectivity index (χ3n) is 4.34. The van der Waals surface area contributed by atoms with E-state index in [0.717, 1.165) is 37.1 Å². The van der Waals surface area contributed by atoms with E-state index in [4.69, 9.17) is 16.3 Å². The summed E-state index contributed by atoms with van der Waals surface area (Å²) in [7, 11) is 0. The van der Waals surface area contributed by atoms with Crippen molar-refractivity contribution in [3.05, 3.63) is 28.8 Å². The average Bonchev–Trinajstić information content (AvgIpc) is 2.48. The van der Waals surface area contributed by atoms with Crippen LogP contribution < -0.4 is 15.4 Å². The molecular weight excluding hydrogens is 323 g/mol. The van der Waals surface area contributed by atoms with Crippen molar-refractivity contribution in [3.63, 3.8) is 0 Å². The molecule has 2 aliphatic heterocycles. The number of halogens is 2. The minimum atomic E-state index is 0. The summed E-state index contributed by atoms with van der Waals surface area (Å²) in [6.45, 7) is 3.63. The number of ether oxygens (including phenoxy) is 1. The number of amides is 1. The van der Waals surface area contributed by atoms with Crippen molar-refractivity contribution in [2.45, 2.75) is 38.3 Å². The van der Waals surface area contributed by atoms with Crippen molar-refractivity contribution in [1.29, 1.82) is 0 Å². The molecular formula is C16H22Cl2N2O2. The van der Waals surface area contributed by atoms with Gasteiger partial charge < -0.3 is 15.4 Å². The van der Waals surface area contributed by atoms with E-state index in [1.807, 2.05) is 18.2 Å². The van der Waals surface area contributed by atoms with Crippen molar-refractivity contribution in [1.82, 2.24) is 10.6 Å². The van der Waals surface area contributed by atoms with Gasteiger partial charge in [-0.3, -0.25) is 4.79 Å². The summed E-state index contributed by atoms with van der Waals surface area (Å²) in [5.41, 5.74) is 0.990. The van der Waals surface area contributed by atoms with Crippen LogP contribution >= 0.6 is 24.0 Å². The average molecular weight is 345 g/mol. The summed E-state index contributed by atoms with van der Waals surface area (Å²) in [6, 6.07) is 6.12. The van der Waals surface area contributed by atoms with Crippen molar-refractivity contribution in [3.8, 4) is 5.75 Å². The monoisotopic (exact) mass is 344 g/mol. The van der Waals surface area contributed by atoms with Crippen LogP contribution in [0.25, 0.3) is 0 Å². The molecule has 122 valence electrons. The van der Waals surface area contributed by atoms with Crippen LogP contribution in [0.4, 0.5) is 0 Å². The molecule has 0 radical (unpaired) electrons. The summed E-state index contributed by atoms with van der Waals surface area (Å²) >= 11 is 6.17. The van der Waals surface area contributed by atoms with Gasteiger partial charge in [0.25, 0.3) is 0 Å². The van der Waals surface area contributed by atoms with Gasteiger partial charge in [0.15, 0.2) is 0 Å². The highest BCUT2D eigenvalue weighted by Gasteiger charge is 2.29. The normalized spacial score (nSPS) is 27.1. The summed E-state index contributed by atoms with van der Waals surface area (Å²) in [4.78, 5) is 12.5. The summed E-state index contributed by atoms with van der Waals surface area (Å²) in [5, 5.41) is 7.18. The smallest absolute Gasteiger partial charge is 0.223 e. The lowest BCUT2D eigenvalue weighted by molar-refractivity contribution is -0.127. The maximum absolute atomic E-state index is 12.5. The molecule has 0 spiro atoms. The Hall–Kier alpha value is -0.970. The predicted molar refractivity (Wildman–Crippen MR) is 89.9 cm³/mol. The van der Waals surface area contributed by atoms with E-state index >= 15 is 0 Å². The fraction of sp³-hybridized carbons (Fsp3) is 0.562. The fourth-order valence-corrected chi connectivity index (χ4v) is 3.43. The zero-order chi connectivity index (χ0) is 14.8. The quantitative estimate of drug-likeness (QED) is 0.866. The third kappa shape index (κ3) is 3.67. The van der Waals surface area contributed by atoms with E-state index in [2.05, 4.69) is 17.6 Å². The molecule has 1 saturated heterocycles. The number of para-hydroxylation sites is 1. The molecule has 3 rings (SSSR count). The molecule has 1 unspecified atom stereocenters. The van der Waals surface area contributed by atoms with E-state index in [1.165, 1.54) is 0 Å². The topological polar surface area (TPSA) is 50.4 Å². The Morgan fingerprint density at radius 2 is 2.23 bits per heavy atom. The fourth-order valence-electron chi connectivity index (χ4n) is 3.20. The Morgan fingerprint density at radius 3 is 3.00 bits per heavy atom. The van der Waals surface area contributed by atoms with E-state index in [-0.39, 0.29) is 30.3 Å². The van der Waals surface area contributed by atoms with Crippen LogP contribution in [0.15, 0.2) is 18.2 Å². The molecule has 1 fully saturated rings. The molecule has 1 aromatic carbocycles. The molecule has 3 atom stereocenters. The van der Waals surface area contributed by atoms with Crippen molar-refractivity contribution >= 4 is 29.9 Å². The number of rotatable bonds is 2. The van der Waals surface area contributed by atoms with E-state index < -0.39 is 0 Å². The summed E-state index contributed by atoms with van der Waals surface area (Å²) in [5.74, 6) is 0.974. The van der Waals surface area contributed by atoms with E-state index in [0.29, 0.717) is 17.7 Å². The van der Waals surface area contributed by atoms with Gasteiger partial charge in [-0.2, -0.15) is 0 Å². The van der Waals surface area contributed by atoms with Crippen LogP contribution in [0.3, 0.4) is 0 Å². The van der Waals surface area contributed by atoms with Gasteiger partial charge >= 0.3 is 0 Å². The minimum absolute atomic E-state index is 0. The van der Waals surface area contributed by atoms with Crippen LogP contribution in [-0.4, -0.2) is 25.1 Å². The van der Waals surface area contributed by atoms with Crippen LogP contribution in [-0.2, 0) is 4.79 Å². The second-order valence-electron chi connectivity index (χ2n) is 5.93. The Labute approximate surface area is 142 Å². The first-order valence-electron chi connectivity index (χ1n) is 7.60. The Balaban J connectivity index is 0.00000176. The van der Waals surface area contributed by atoms with Crippen molar-refractivity contribution in [2.75, 3.05) is 13.2 Å². The number of carbonyl (C=O) groups is 1. The number of benzene rings is 1. The molecule has 0 saturated carbocycles. The molecule has 2 aliphatic rings. The van der Waals surface area contributed by atoms with Gasteiger partial charge in [-0.1, -0.05) is 23.7 Å². The lowest BCUT2D eigenvalue weighted by Crippen LogP contribution is -2.43. The number of carbonyl (C=O) groups excluding carboxylic acids is 1. The van der Waals surface area contributed by atoms with Gasteiger partial charge in [-0.05, 0) is 32.4 Å². The van der Waals surface area contributed by atoms with Gasteiger partial charge in [0, 0.05) is 23.9 Å². The number of nitrogens with one attached hydrogen (secondary N) is 2. The van der Waals surface area contributed by atoms with Gasteiger partial charge in [0.05, 0.1) is 17.7 Å². The van der Waals surface area contributed by atoms with Gasteiger partial charge in [0.1, 0.15) is 5.75 Å². The maximum Gasteiger partial charge on any atom is 0.223 e. The summed E-state index contributed by atoms with van der Waals surface area (Å²) in [6.07, 6.45) is 2.60. The Morgan fingerprint density at radius 1 is 1.41 bits per heavy atom.